The van der Waals surface area contributed by atoms with E-state index in [1.54, 1.807) is 27.7 Å². The normalized spacial score (nSPS) is 16.0. The van der Waals surface area contributed by atoms with Gasteiger partial charge >= 0.3 is 11.9 Å². The first-order chi connectivity index (χ1) is 14.2. The van der Waals surface area contributed by atoms with Crippen molar-refractivity contribution in [1.29, 1.82) is 0 Å². The summed E-state index contributed by atoms with van der Waals surface area (Å²) in [5.41, 5.74) is 5.52. The van der Waals surface area contributed by atoms with Crippen LogP contribution in [0, 0.1) is 11.8 Å². The fraction of sp³-hybridized carbons (Fsp3) is 0.737. The predicted octanol–water partition coefficient (Wildman–Crippen LogP) is -1.59. The summed E-state index contributed by atoms with van der Waals surface area (Å²) in [5, 5.41) is 34.9. The molecule has 0 saturated heterocycles. The highest BCUT2D eigenvalue weighted by molar-refractivity contribution is 5.95. The summed E-state index contributed by atoms with van der Waals surface area (Å²) in [7, 11) is 0. The van der Waals surface area contributed by atoms with E-state index in [0.717, 1.165) is 0 Å². The van der Waals surface area contributed by atoms with Gasteiger partial charge in [0.2, 0.25) is 17.7 Å². The molecule has 0 aliphatic carbocycles. The first-order valence-electron chi connectivity index (χ1n) is 9.96. The minimum atomic E-state index is -1.48. The van der Waals surface area contributed by atoms with Gasteiger partial charge < -0.3 is 37.0 Å². The zero-order chi connectivity index (χ0) is 24.5. The molecule has 0 rings (SSSR count). The van der Waals surface area contributed by atoms with Crippen molar-refractivity contribution in [1.82, 2.24) is 16.0 Å². The van der Waals surface area contributed by atoms with Crippen LogP contribution in [0.1, 0.15) is 47.5 Å². The van der Waals surface area contributed by atoms with Crippen LogP contribution in [0.4, 0.5) is 0 Å². The summed E-state index contributed by atoms with van der Waals surface area (Å²) < 4.78 is 0. The highest BCUT2D eigenvalue weighted by Crippen LogP contribution is 2.08. The SMILES string of the molecule is CC(C)CC(NC(=O)C(N)CC(=O)O)C(=O)NC(C(=O)NC(C(=O)O)C(C)C)C(C)O. The number of carboxylic acid groups (broad SMARTS) is 2. The van der Waals surface area contributed by atoms with Crippen molar-refractivity contribution in [3.8, 4) is 0 Å². The Hall–Kier alpha value is -2.73. The smallest absolute Gasteiger partial charge is 0.326 e. The van der Waals surface area contributed by atoms with Gasteiger partial charge in [-0.1, -0.05) is 27.7 Å². The molecule has 0 heterocycles. The summed E-state index contributed by atoms with van der Waals surface area (Å²) in [6, 6.07) is -5.24. The second kappa shape index (κ2) is 12.8. The number of hydrogen-bond acceptors (Lipinski definition) is 7. The van der Waals surface area contributed by atoms with Crippen molar-refractivity contribution in [2.45, 2.75) is 77.7 Å². The first-order valence-corrected chi connectivity index (χ1v) is 9.96. The minimum Gasteiger partial charge on any atom is -0.481 e. The minimum absolute atomic E-state index is 0.0668. The van der Waals surface area contributed by atoms with Crippen molar-refractivity contribution < 1.29 is 39.3 Å². The van der Waals surface area contributed by atoms with E-state index >= 15 is 0 Å². The van der Waals surface area contributed by atoms with Crippen LogP contribution in [-0.2, 0) is 24.0 Å². The molecule has 12 heteroatoms. The molecule has 8 N–H and O–H groups in total. The Morgan fingerprint density at radius 3 is 1.71 bits per heavy atom. The molecule has 0 aromatic heterocycles. The molecular formula is C19H34N4O8. The van der Waals surface area contributed by atoms with Gasteiger partial charge in [0.05, 0.1) is 18.6 Å². The Morgan fingerprint density at radius 1 is 0.806 bits per heavy atom. The van der Waals surface area contributed by atoms with Crippen molar-refractivity contribution >= 4 is 29.7 Å². The Morgan fingerprint density at radius 2 is 1.32 bits per heavy atom. The number of aliphatic hydroxyl groups excluding tert-OH is 1. The lowest BCUT2D eigenvalue weighted by molar-refractivity contribution is -0.144. The van der Waals surface area contributed by atoms with E-state index in [9.17, 15) is 34.2 Å². The summed E-state index contributed by atoms with van der Waals surface area (Å²) in [6.07, 6.45) is -1.85. The molecule has 0 radical (unpaired) electrons. The monoisotopic (exact) mass is 446 g/mol. The van der Waals surface area contributed by atoms with Gasteiger partial charge in [0.1, 0.15) is 18.1 Å². The molecule has 0 fully saturated rings. The molecule has 31 heavy (non-hydrogen) atoms. The largest absolute Gasteiger partial charge is 0.481 e. The fourth-order valence-corrected chi connectivity index (χ4v) is 2.68. The van der Waals surface area contributed by atoms with E-state index in [4.69, 9.17) is 10.8 Å². The number of aliphatic carboxylic acids is 2. The quantitative estimate of drug-likeness (QED) is 0.174. The Bertz CT molecular complexity index is 665. The Kier molecular flexibility index (Phi) is 11.7. The highest BCUT2D eigenvalue weighted by atomic mass is 16.4. The van der Waals surface area contributed by atoms with Gasteiger partial charge in [-0.3, -0.25) is 19.2 Å². The van der Waals surface area contributed by atoms with Crippen LogP contribution in [0.15, 0.2) is 0 Å². The molecular weight excluding hydrogens is 412 g/mol. The third kappa shape index (κ3) is 10.2. The summed E-state index contributed by atoms with van der Waals surface area (Å²) in [4.78, 5) is 59.5. The summed E-state index contributed by atoms with van der Waals surface area (Å²) in [5.74, 6) is -5.62. The molecule has 0 aromatic carbocycles. The van der Waals surface area contributed by atoms with Gasteiger partial charge in [-0.15, -0.1) is 0 Å². The average Bonchev–Trinajstić information content (AvgIpc) is 2.61. The molecule has 0 aliphatic rings. The average molecular weight is 447 g/mol. The molecule has 5 atom stereocenters. The number of amides is 3. The van der Waals surface area contributed by atoms with Gasteiger partial charge in [0.25, 0.3) is 0 Å². The lowest BCUT2D eigenvalue weighted by Crippen LogP contribution is -2.60. The number of hydrogen-bond donors (Lipinski definition) is 7. The van der Waals surface area contributed by atoms with E-state index in [2.05, 4.69) is 16.0 Å². The van der Waals surface area contributed by atoms with Crippen LogP contribution >= 0.6 is 0 Å². The van der Waals surface area contributed by atoms with Crippen LogP contribution in [0.5, 0.6) is 0 Å². The maximum atomic E-state index is 12.7. The van der Waals surface area contributed by atoms with E-state index in [0.29, 0.717) is 0 Å². The molecule has 0 spiro atoms. The van der Waals surface area contributed by atoms with E-state index < -0.39 is 72.3 Å². The van der Waals surface area contributed by atoms with E-state index in [1.165, 1.54) is 6.92 Å². The number of aliphatic hydroxyl groups is 1. The van der Waals surface area contributed by atoms with Gasteiger partial charge in [0, 0.05) is 0 Å². The molecule has 5 unspecified atom stereocenters. The third-order valence-electron chi connectivity index (χ3n) is 4.36. The summed E-state index contributed by atoms with van der Waals surface area (Å²) in [6.45, 7) is 7.98. The fourth-order valence-electron chi connectivity index (χ4n) is 2.68. The van der Waals surface area contributed by atoms with E-state index in [-0.39, 0.29) is 12.3 Å². The molecule has 0 bridgehead atoms. The number of rotatable bonds is 13. The predicted molar refractivity (Wildman–Crippen MR) is 110 cm³/mol. The number of carboxylic acids is 2. The molecule has 0 aliphatic heterocycles. The second-order valence-electron chi connectivity index (χ2n) is 8.19. The highest BCUT2D eigenvalue weighted by Gasteiger charge is 2.33. The number of carbonyl (C=O) groups is 5. The van der Waals surface area contributed by atoms with Crippen LogP contribution < -0.4 is 21.7 Å². The number of carbonyl (C=O) groups excluding carboxylic acids is 3. The van der Waals surface area contributed by atoms with Gasteiger partial charge in [-0.25, -0.2) is 4.79 Å². The van der Waals surface area contributed by atoms with Crippen molar-refractivity contribution in [3.05, 3.63) is 0 Å². The summed E-state index contributed by atoms with van der Waals surface area (Å²) >= 11 is 0. The topological polar surface area (TPSA) is 208 Å². The molecule has 3 amide bonds. The third-order valence-corrected chi connectivity index (χ3v) is 4.36. The van der Waals surface area contributed by atoms with Gasteiger partial charge in [-0.2, -0.15) is 0 Å². The maximum absolute atomic E-state index is 12.7. The van der Waals surface area contributed by atoms with Crippen LogP contribution in [0.2, 0.25) is 0 Å². The Balaban J connectivity index is 5.43. The Labute approximate surface area is 180 Å². The van der Waals surface area contributed by atoms with E-state index in [1.807, 2.05) is 0 Å². The van der Waals surface area contributed by atoms with Crippen molar-refractivity contribution in [3.63, 3.8) is 0 Å². The number of nitrogens with one attached hydrogen (secondary N) is 3. The molecule has 0 aromatic rings. The first kappa shape index (κ1) is 28.3. The lowest BCUT2D eigenvalue weighted by Gasteiger charge is -2.27. The molecule has 12 nitrogen and oxygen atoms in total. The van der Waals surface area contributed by atoms with Crippen LogP contribution in [0.25, 0.3) is 0 Å². The van der Waals surface area contributed by atoms with Crippen molar-refractivity contribution in [2.75, 3.05) is 0 Å². The standard InChI is InChI=1S/C19H34N4O8/c1-8(2)6-12(21-16(27)11(20)7-13(25)26)17(28)23-15(10(5)24)18(29)22-14(9(3)4)19(30)31/h8-12,14-15,24H,6-7,20H2,1-5H3,(H,21,27)(H,22,29)(H,23,28)(H,25,26)(H,30,31). The van der Waals surface area contributed by atoms with Gasteiger partial charge in [-0.05, 0) is 25.2 Å². The maximum Gasteiger partial charge on any atom is 0.326 e. The van der Waals surface area contributed by atoms with Crippen LogP contribution in [0.3, 0.4) is 0 Å². The lowest BCUT2D eigenvalue weighted by atomic mass is 10.0. The van der Waals surface area contributed by atoms with Crippen molar-refractivity contribution in [2.24, 2.45) is 17.6 Å². The van der Waals surface area contributed by atoms with Crippen LogP contribution in [-0.4, -0.2) is 75.3 Å². The second-order valence-corrected chi connectivity index (χ2v) is 8.19. The molecule has 0 saturated carbocycles. The molecule has 178 valence electrons. The zero-order valence-electron chi connectivity index (χ0n) is 18.4. The number of nitrogens with two attached hydrogens (primary N) is 1. The zero-order valence-corrected chi connectivity index (χ0v) is 18.4. The van der Waals surface area contributed by atoms with Gasteiger partial charge in [0.15, 0.2) is 0 Å².